The molecule has 23 heavy (non-hydrogen) atoms. The molecule has 2 N–H and O–H groups in total. The number of hydrogen-bond acceptors (Lipinski definition) is 5. The molecule has 2 aromatic carbocycles. The number of carbonyl (C=O) groups excluding carboxylic acids is 1. The van der Waals surface area contributed by atoms with Gasteiger partial charge in [-0.3, -0.25) is 4.79 Å². The van der Waals surface area contributed by atoms with Crippen molar-refractivity contribution in [3.05, 3.63) is 70.3 Å². The van der Waals surface area contributed by atoms with E-state index in [1.807, 2.05) is 0 Å². The van der Waals surface area contributed by atoms with Crippen molar-refractivity contribution in [1.82, 2.24) is 9.97 Å². The van der Waals surface area contributed by atoms with E-state index < -0.39 is 12.1 Å². The van der Waals surface area contributed by atoms with Gasteiger partial charge < -0.3 is 14.8 Å². The van der Waals surface area contributed by atoms with Crippen molar-refractivity contribution in [1.29, 1.82) is 0 Å². The summed E-state index contributed by atoms with van der Waals surface area (Å²) in [6.45, 7) is 1.63. The van der Waals surface area contributed by atoms with Gasteiger partial charge in [0.15, 0.2) is 11.9 Å². The molecule has 3 rings (SSSR count). The molecule has 1 aromatic heterocycles. The summed E-state index contributed by atoms with van der Waals surface area (Å²) in [5.74, 6) is -0.218. The molecule has 1 unspecified atom stereocenters. The summed E-state index contributed by atoms with van der Waals surface area (Å²) in [5.41, 5.74) is 0.565. The van der Waals surface area contributed by atoms with E-state index in [-0.39, 0.29) is 17.1 Å². The molecule has 0 saturated carbocycles. The Hall–Kier alpha value is -3.15. The number of ether oxygens (including phenoxy) is 1. The third-order valence-corrected chi connectivity index (χ3v) is 3.40. The van der Waals surface area contributed by atoms with Crippen LogP contribution in [0.1, 0.15) is 29.2 Å². The first-order chi connectivity index (χ1) is 11.0. The molecule has 6 heteroatoms. The van der Waals surface area contributed by atoms with E-state index in [1.165, 1.54) is 24.3 Å². The fourth-order valence-corrected chi connectivity index (χ4v) is 2.18. The molecule has 0 saturated heterocycles. The molecule has 0 aliphatic carbocycles. The molecule has 0 radical (unpaired) electrons. The summed E-state index contributed by atoms with van der Waals surface area (Å²) in [6.07, 6.45) is -0.714. The van der Waals surface area contributed by atoms with Crippen LogP contribution in [0.4, 0.5) is 0 Å². The average Bonchev–Trinajstić information content (AvgIpc) is 2.55. The lowest BCUT2D eigenvalue weighted by atomic mass is 10.2. The summed E-state index contributed by atoms with van der Waals surface area (Å²) in [4.78, 5) is 31.1. The number of aromatic nitrogens is 2. The molecule has 1 atom stereocenters. The Morgan fingerprint density at radius 2 is 1.87 bits per heavy atom. The number of fused-ring (bicyclic) bond motifs is 1. The van der Waals surface area contributed by atoms with Gasteiger partial charge in [0.1, 0.15) is 5.75 Å². The molecule has 0 bridgehead atoms. The Morgan fingerprint density at radius 1 is 1.17 bits per heavy atom. The Balaban J connectivity index is 1.85. The summed E-state index contributed by atoms with van der Waals surface area (Å²) in [6, 6.07) is 12.7. The van der Waals surface area contributed by atoms with E-state index in [0.717, 1.165) is 0 Å². The highest BCUT2D eigenvalue weighted by Gasteiger charge is 2.16. The molecule has 0 amide bonds. The van der Waals surface area contributed by atoms with Crippen LogP contribution in [0, 0.1) is 0 Å². The number of benzene rings is 2. The molecular weight excluding hydrogens is 296 g/mol. The van der Waals surface area contributed by atoms with Crippen LogP contribution >= 0.6 is 0 Å². The van der Waals surface area contributed by atoms with Gasteiger partial charge in [-0.15, -0.1) is 0 Å². The maximum atomic E-state index is 12.1. The van der Waals surface area contributed by atoms with Crippen molar-refractivity contribution in [2.75, 3.05) is 0 Å². The van der Waals surface area contributed by atoms with Crippen molar-refractivity contribution in [3.63, 3.8) is 0 Å². The van der Waals surface area contributed by atoms with Crippen molar-refractivity contribution in [2.24, 2.45) is 0 Å². The number of nitrogens with one attached hydrogen (secondary N) is 1. The standard InChI is InChI=1S/C17H14N2O4/c1-10(23-17(22)11-6-8-12(20)9-7-11)15-18-14-5-3-2-4-13(14)16(21)19-15/h2-10,20H,1H3,(H,18,19,21). The van der Waals surface area contributed by atoms with Crippen molar-refractivity contribution < 1.29 is 14.6 Å². The van der Waals surface area contributed by atoms with E-state index >= 15 is 0 Å². The van der Waals surface area contributed by atoms with Gasteiger partial charge in [-0.1, -0.05) is 12.1 Å². The summed E-state index contributed by atoms with van der Waals surface area (Å²) in [7, 11) is 0. The maximum Gasteiger partial charge on any atom is 0.338 e. The highest BCUT2D eigenvalue weighted by Crippen LogP contribution is 2.17. The van der Waals surface area contributed by atoms with Crippen LogP contribution < -0.4 is 5.56 Å². The number of H-pyrrole nitrogens is 1. The molecule has 0 aliphatic rings. The first-order valence-electron chi connectivity index (χ1n) is 7.03. The highest BCUT2D eigenvalue weighted by molar-refractivity contribution is 5.89. The summed E-state index contributed by atoms with van der Waals surface area (Å²) < 4.78 is 5.31. The monoisotopic (exact) mass is 310 g/mol. The minimum atomic E-state index is -0.714. The minimum absolute atomic E-state index is 0.0649. The number of para-hydroxylation sites is 1. The molecular formula is C17H14N2O4. The van der Waals surface area contributed by atoms with Gasteiger partial charge in [0.2, 0.25) is 0 Å². The number of aromatic amines is 1. The van der Waals surface area contributed by atoms with E-state index in [0.29, 0.717) is 16.5 Å². The second kappa shape index (κ2) is 5.92. The van der Waals surface area contributed by atoms with E-state index in [4.69, 9.17) is 4.74 Å². The fourth-order valence-electron chi connectivity index (χ4n) is 2.18. The Labute approximate surface area is 131 Å². The van der Waals surface area contributed by atoms with Crippen LogP contribution in [0.2, 0.25) is 0 Å². The normalized spacial score (nSPS) is 12.0. The zero-order valence-corrected chi connectivity index (χ0v) is 12.3. The third kappa shape index (κ3) is 3.06. The third-order valence-electron chi connectivity index (χ3n) is 3.40. The van der Waals surface area contributed by atoms with Gasteiger partial charge in [0, 0.05) is 0 Å². The van der Waals surface area contributed by atoms with Crippen molar-refractivity contribution in [3.8, 4) is 5.75 Å². The summed E-state index contributed by atoms with van der Waals surface area (Å²) >= 11 is 0. The van der Waals surface area contributed by atoms with Gasteiger partial charge >= 0.3 is 5.97 Å². The maximum absolute atomic E-state index is 12.1. The smallest absolute Gasteiger partial charge is 0.338 e. The predicted octanol–water partition coefficient (Wildman–Crippen LogP) is 2.55. The SMILES string of the molecule is CC(OC(=O)c1ccc(O)cc1)c1nc2ccccc2c(=O)[nH]1. The van der Waals surface area contributed by atoms with E-state index in [1.54, 1.807) is 31.2 Å². The Bertz CT molecular complexity index is 916. The zero-order valence-electron chi connectivity index (χ0n) is 12.3. The van der Waals surface area contributed by atoms with Gasteiger partial charge in [0.05, 0.1) is 16.5 Å². The number of nitrogens with zero attached hydrogens (tertiary/aromatic N) is 1. The van der Waals surface area contributed by atoms with E-state index in [9.17, 15) is 14.7 Å². The topological polar surface area (TPSA) is 92.3 Å². The van der Waals surface area contributed by atoms with Crippen LogP contribution in [-0.4, -0.2) is 21.0 Å². The summed E-state index contributed by atoms with van der Waals surface area (Å²) in [5, 5.41) is 9.71. The number of carbonyl (C=O) groups is 1. The molecule has 0 fully saturated rings. The number of phenols is 1. The number of esters is 1. The van der Waals surface area contributed by atoms with Crippen LogP contribution in [-0.2, 0) is 4.74 Å². The first kappa shape index (κ1) is 14.8. The lowest BCUT2D eigenvalue weighted by Gasteiger charge is -2.13. The molecule has 3 aromatic rings. The molecule has 116 valence electrons. The predicted molar refractivity (Wildman–Crippen MR) is 84.3 cm³/mol. The zero-order chi connectivity index (χ0) is 16.4. The second-order valence-electron chi connectivity index (χ2n) is 5.06. The Morgan fingerprint density at radius 3 is 2.61 bits per heavy atom. The fraction of sp³-hybridized carbons (Fsp3) is 0.118. The van der Waals surface area contributed by atoms with Crippen molar-refractivity contribution in [2.45, 2.75) is 13.0 Å². The lowest BCUT2D eigenvalue weighted by Crippen LogP contribution is -2.17. The molecule has 1 heterocycles. The average molecular weight is 310 g/mol. The molecule has 0 aliphatic heterocycles. The highest BCUT2D eigenvalue weighted by atomic mass is 16.5. The molecule has 6 nitrogen and oxygen atoms in total. The number of aromatic hydroxyl groups is 1. The number of phenolic OH excluding ortho intramolecular Hbond substituents is 1. The lowest BCUT2D eigenvalue weighted by molar-refractivity contribution is 0.0320. The number of rotatable bonds is 3. The largest absolute Gasteiger partial charge is 0.508 e. The van der Waals surface area contributed by atoms with Gasteiger partial charge in [-0.25, -0.2) is 9.78 Å². The molecule has 0 spiro atoms. The number of hydrogen-bond donors (Lipinski definition) is 2. The quantitative estimate of drug-likeness (QED) is 0.725. The minimum Gasteiger partial charge on any atom is -0.508 e. The van der Waals surface area contributed by atoms with Gasteiger partial charge in [-0.05, 0) is 43.3 Å². The van der Waals surface area contributed by atoms with Gasteiger partial charge in [0.25, 0.3) is 5.56 Å². The van der Waals surface area contributed by atoms with Crippen molar-refractivity contribution >= 4 is 16.9 Å². The van der Waals surface area contributed by atoms with Crippen LogP contribution in [0.5, 0.6) is 5.75 Å². The van der Waals surface area contributed by atoms with Crippen LogP contribution in [0.15, 0.2) is 53.3 Å². The second-order valence-corrected chi connectivity index (χ2v) is 5.06. The van der Waals surface area contributed by atoms with Crippen LogP contribution in [0.25, 0.3) is 10.9 Å². The van der Waals surface area contributed by atoms with Gasteiger partial charge in [-0.2, -0.15) is 0 Å². The Kier molecular flexibility index (Phi) is 3.80. The van der Waals surface area contributed by atoms with E-state index in [2.05, 4.69) is 9.97 Å². The van der Waals surface area contributed by atoms with Crippen LogP contribution in [0.3, 0.4) is 0 Å². The first-order valence-corrected chi connectivity index (χ1v) is 7.03.